The number of benzene rings is 2. The molecule has 0 bridgehead atoms. The lowest BCUT2D eigenvalue weighted by molar-refractivity contribution is 0.0550. The van der Waals surface area contributed by atoms with Crippen LogP contribution >= 0.6 is 0 Å². The molecule has 1 aromatic heterocycles. The maximum Gasteiger partial charge on any atom is 0.357 e. The van der Waals surface area contributed by atoms with E-state index in [2.05, 4.69) is 4.98 Å². The van der Waals surface area contributed by atoms with Gasteiger partial charge < -0.3 is 14.2 Å². The zero-order valence-electron chi connectivity index (χ0n) is 15.8. The van der Waals surface area contributed by atoms with E-state index in [9.17, 15) is 9.59 Å². The summed E-state index contributed by atoms with van der Waals surface area (Å²) in [6.45, 7) is 0. The van der Waals surface area contributed by atoms with Gasteiger partial charge in [0, 0.05) is 11.1 Å². The van der Waals surface area contributed by atoms with Crippen molar-refractivity contribution in [2.75, 3.05) is 21.3 Å². The fourth-order valence-corrected chi connectivity index (χ4v) is 2.85. The lowest BCUT2D eigenvalue weighted by atomic mass is 9.96. The minimum atomic E-state index is -0.715. The molecule has 0 aliphatic rings. The molecule has 0 saturated heterocycles. The summed E-state index contributed by atoms with van der Waals surface area (Å²) < 4.78 is 15.0. The Morgan fingerprint density at radius 1 is 0.786 bits per heavy atom. The average Bonchev–Trinajstić information content (AvgIpc) is 2.77. The summed E-state index contributed by atoms with van der Waals surface area (Å²) in [7, 11) is 4.07. The van der Waals surface area contributed by atoms with E-state index in [1.54, 1.807) is 37.4 Å². The van der Waals surface area contributed by atoms with E-state index in [0.717, 1.165) is 5.56 Å². The van der Waals surface area contributed by atoms with Crippen molar-refractivity contribution in [3.8, 4) is 28.1 Å². The fraction of sp³-hybridized carbons (Fsp3) is 0.136. The van der Waals surface area contributed by atoms with Crippen LogP contribution in [0.3, 0.4) is 0 Å². The van der Waals surface area contributed by atoms with E-state index < -0.39 is 11.9 Å². The Kier molecular flexibility index (Phi) is 5.69. The van der Waals surface area contributed by atoms with Gasteiger partial charge in [0.25, 0.3) is 0 Å². The first kappa shape index (κ1) is 19.1. The molecule has 0 unspecified atom stereocenters. The summed E-state index contributed by atoms with van der Waals surface area (Å²) >= 11 is 0. The fourth-order valence-electron chi connectivity index (χ4n) is 2.85. The van der Waals surface area contributed by atoms with Gasteiger partial charge in [0.15, 0.2) is 5.69 Å². The molecule has 3 aromatic rings. The molecule has 1 heterocycles. The number of hydrogen-bond acceptors (Lipinski definition) is 6. The summed E-state index contributed by atoms with van der Waals surface area (Å²) in [5.74, 6) is -0.708. The van der Waals surface area contributed by atoms with Gasteiger partial charge in [0.05, 0.1) is 27.0 Å². The monoisotopic (exact) mass is 377 g/mol. The molecule has 0 radical (unpaired) electrons. The molecule has 0 spiro atoms. The molecule has 0 fully saturated rings. The van der Waals surface area contributed by atoms with Gasteiger partial charge in [0.2, 0.25) is 0 Å². The van der Waals surface area contributed by atoms with Crippen LogP contribution in [0.15, 0.2) is 60.7 Å². The van der Waals surface area contributed by atoms with Gasteiger partial charge in [-0.05, 0) is 23.8 Å². The first-order chi connectivity index (χ1) is 13.6. The highest BCUT2D eigenvalue weighted by Gasteiger charge is 2.26. The van der Waals surface area contributed by atoms with Crippen molar-refractivity contribution >= 4 is 11.9 Å². The van der Waals surface area contributed by atoms with Crippen LogP contribution in [0.5, 0.6) is 5.75 Å². The number of carbonyl (C=O) groups excluding carboxylic acids is 2. The molecule has 142 valence electrons. The van der Waals surface area contributed by atoms with Crippen molar-refractivity contribution in [2.24, 2.45) is 0 Å². The van der Waals surface area contributed by atoms with Crippen LogP contribution < -0.4 is 4.74 Å². The van der Waals surface area contributed by atoms with Crippen LogP contribution in [0.1, 0.15) is 20.8 Å². The molecule has 0 aliphatic heterocycles. The highest BCUT2D eigenvalue weighted by atomic mass is 16.5. The molecular weight excluding hydrogens is 358 g/mol. The Morgan fingerprint density at radius 3 is 2.00 bits per heavy atom. The predicted molar refractivity (Wildman–Crippen MR) is 104 cm³/mol. The number of aromatic nitrogens is 1. The Morgan fingerprint density at radius 2 is 1.43 bits per heavy atom. The first-order valence-corrected chi connectivity index (χ1v) is 8.50. The van der Waals surface area contributed by atoms with Crippen molar-refractivity contribution < 1.29 is 23.8 Å². The summed E-state index contributed by atoms with van der Waals surface area (Å²) in [6, 6.07) is 18.3. The van der Waals surface area contributed by atoms with Crippen molar-refractivity contribution in [1.82, 2.24) is 4.98 Å². The van der Waals surface area contributed by atoms with Gasteiger partial charge in [-0.2, -0.15) is 0 Å². The van der Waals surface area contributed by atoms with Crippen LogP contribution in [-0.4, -0.2) is 38.3 Å². The number of methoxy groups -OCH3 is 3. The molecule has 0 atom stereocenters. The molecule has 0 amide bonds. The molecule has 6 heteroatoms. The number of pyridine rings is 1. The van der Waals surface area contributed by atoms with Gasteiger partial charge in [0.1, 0.15) is 11.3 Å². The van der Waals surface area contributed by atoms with E-state index in [0.29, 0.717) is 22.6 Å². The number of ether oxygens (including phenoxy) is 3. The second-order valence-corrected chi connectivity index (χ2v) is 5.86. The Balaban J connectivity index is 2.32. The van der Waals surface area contributed by atoms with Crippen LogP contribution in [0.25, 0.3) is 22.4 Å². The average molecular weight is 377 g/mol. The number of nitrogens with zero attached hydrogens (tertiary/aromatic N) is 1. The van der Waals surface area contributed by atoms with Gasteiger partial charge in [-0.1, -0.05) is 42.5 Å². The third-order valence-electron chi connectivity index (χ3n) is 4.26. The largest absolute Gasteiger partial charge is 0.497 e. The maximum absolute atomic E-state index is 12.5. The van der Waals surface area contributed by atoms with E-state index in [1.807, 2.05) is 30.3 Å². The molecule has 0 saturated carbocycles. The van der Waals surface area contributed by atoms with E-state index in [1.165, 1.54) is 14.2 Å². The molecule has 2 aromatic carbocycles. The lowest BCUT2D eigenvalue weighted by Gasteiger charge is -2.14. The zero-order valence-corrected chi connectivity index (χ0v) is 15.8. The number of rotatable bonds is 5. The van der Waals surface area contributed by atoms with E-state index in [-0.39, 0.29) is 11.3 Å². The highest BCUT2D eigenvalue weighted by molar-refractivity contribution is 6.07. The minimum absolute atomic E-state index is 0.0548. The normalized spacial score (nSPS) is 10.2. The van der Waals surface area contributed by atoms with Crippen molar-refractivity contribution in [3.63, 3.8) is 0 Å². The standard InChI is InChI=1S/C22H19NO5/c1-26-16-11-9-14(10-12-16)17-13-18(15-7-5-4-6-8-15)23-20(22(25)28-3)19(17)21(24)27-2/h4-13H,1-3H3. The third kappa shape index (κ3) is 3.71. The first-order valence-electron chi connectivity index (χ1n) is 8.50. The minimum Gasteiger partial charge on any atom is -0.497 e. The van der Waals surface area contributed by atoms with Gasteiger partial charge >= 0.3 is 11.9 Å². The van der Waals surface area contributed by atoms with Crippen molar-refractivity contribution in [3.05, 3.63) is 71.9 Å². The van der Waals surface area contributed by atoms with Crippen LogP contribution in [0, 0.1) is 0 Å². The molecule has 6 nitrogen and oxygen atoms in total. The van der Waals surface area contributed by atoms with Crippen LogP contribution in [0.2, 0.25) is 0 Å². The Hall–Kier alpha value is -3.67. The highest BCUT2D eigenvalue weighted by Crippen LogP contribution is 2.32. The van der Waals surface area contributed by atoms with Gasteiger partial charge in [-0.25, -0.2) is 14.6 Å². The Labute approximate surface area is 162 Å². The molecule has 0 N–H and O–H groups in total. The van der Waals surface area contributed by atoms with Gasteiger partial charge in [-0.15, -0.1) is 0 Å². The smallest absolute Gasteiger partial charge is 0.357 e. The summed E-state index contributed by atoms with van der Waals surface area (Å²) in [5.41, 5.74) is 2.54. The van der Waals surface area contributed by atoms with Crippen LogP contribution in [0.4, 0.5) is 0 Å². The lowest BCUT2D eigenvalue weighted by Crippen LogP contribution is -2.16. The second kappa shape index (κ2) is 8.35. The van der Waals surface area contributed by atoms with E-state index in [4.69, 9.17) is 14.2 Å². The van der Waals surface area contributed by atoms with Crippen molar-refractivity contribution in [2.45, 2.75) is 0 Å². The quantitative estimate of drug-likeness (QED) is 0.626. The zero-order chi connectivity index (χ0) is 20.1. The molecule has 0 aliphatic carbocycles. The van der Waals surface area contributed by atoms with E-state index >= 15 is 0 Å². The number of esters is 2. The SMILES string of the molecule is COC(=O)c1nc(-c2ccccc2)cc(-c2ccc(OC)cc2)c1C(=O)OC. The summed E-state index contributed by atoms with van der Waals surface area (Å²) in [4.78, 5) is 29.3. The second-order valence-electron chi connectivity index (χ2n) is 5.86. The summed E-state index contributed by atoms with van der Waals surface area (Å²) in [6.07, 6.45) is 0. The summed E-state index contributed by atoms with van der Waals surface area (Å²) in [5, 5.41) is 0. The predicted octanol–water partition coefficient (Wildman–Crippen LogP) is 4.00. The Bertz CT molecular complexity index is 997. The van der Waals surface area contributed by atoms with Crippen molar-refractivity contribution in [1.29, 1.82) is 0 Å². The van der Waals surface area contributed by atoms with Gasteiger partial charge in [-0.3, -0.25) is 0 Å². The van der Waals surface area contributed by atoms with Crippen LogP contribution in [-0.2, 0) is 9.47 Å². The molecule has 28 heavy (non-hydrogen) atoms. The number of hydrogen-bond donors (Lipinski definition) is 0. The third-order valence-corrected chi connectivity index (χ3v) is 4.26. The topological polar surface area (TPSA) is 74.7 Å². The maximum atomic E-state index is 12.5. The number of carbonyl (C=O) groups is 2. The molecule has 3 rings (SSSR count). The molecular formula is C22H19NO5.